The summed E-state index contributed by atoms with van der Waals surface area (Å²) in [6.45, 7) is 4.77. The van der Waals surface area contributed by atoms with Crippen LogP contribution < -0.4 is 0 Å². The predicted molar refractivity (Wildman–Crippen MR) is 110 cm³/mol. The monoisotopic (exact) mass is 598 g/mol. The zero-order valence-corrected chi connectivity index (χ0v) is 21.3. The topological polar surface area (TPSA) is 55.8 Å². The summed E-state index contributed by atoms with van der Waals surface area (Å²) in [5.41, 5.74) is -11.6. The Kier molecular flexibility index (Phi) is 8.91. The average Bonchev–Trinajstić information content (AvgIpc) is 3.30. The lowest BCUT2D eigenvalue weighted by atomic mass is 9.71. The van der Waals surface area contributed by atoms with Gasteiger partial charge >= 0.3 is 36.5 Å². The van der Waals surface area contributed by atoms with E-state index in [1.165, 1.54) is 6.92 Å². The number of carbonyl (C=O) groups is 1. The summed E-state index contributed by atoms with van der Waals surface area (Å²) in [5, 5.41) is 9.52. The number of ether oxygens (including phenoxy) is 2. The van der Waals surface area contributed by atoms with E-state index in [-0.39, 0.29) is 25.7 Å². The van der Waals surface area contributed by atoms with Crippen molar-refractivity contribution in [2.24, 2.45) is 29.6 Å². The van der Waals surface area contributed by atoms with Crippen molar-refractivity contribution >= 4 is 6.16 Å². The van der Waals surface area contributed by atoms with Crippen LogP contribution in [0.3, 0.4) is 0 Å². The van der Waals surface area contributed by atoms with Crippen LogP contribution in [0.2, 0.25) is 0 Å². The molecule has 0 amide bonds. The second-order valence-corrected chi connectivity index (χ2v) is 11.3. The molecule has 2 fully saturated rings. The molecule has 230 valence electrons. The Labute approximate surface area is 216 Å². The molecule has 5 unspecified atom stereocenters. The fourth-order valence-electron chi connectivity index (χ4n) is 5.91. The first-order valence-corrected chi connectivity index (χ1v) is 12.1. The highest BCUT2D eigenvalue weighted by Crippen LogP contribution is 2.60. The average molecular weight is 598 g/mol. The third kappa shape index (κ3) is 6.34. The molecular formula is C23H30F12O4. The molecule has 5 atom stereocenters. The third-order valence-corrected chi connectivity index (χ3v) is 8.24. The highest BCUT2D eigenvalue weighted by Gasteiger charge is 2.75. The van der Waals surface area contributed by atoms with Crippen molar-refractivity contribution in [1.29, 1.82) is 0 Å². The summed E-state index contributed by atoms with van der Waals surface area (Å²) in [5.74, 6) is -4.64. The van der Waals surface area contributed by atoms with Crippen LogP contribution in [0.25, 0.3) is 0 Å². The van der Waals surface area contributed by atoms with Gasteiger partial charge in [0.15, 0.2) is 0 Å². The van der Waals surface area contributed by atoms with Crippen LogP contribution in [0.5, 0.6) is 0 Å². The fourth-order valence-corrected chi connectivity index (χ4v) is 5.91. The minimum Gasteiger partial charge on any atom is -0.428 e. The molecule has 16 heteroatoms. The van der Waals surface area contributed by atoms with Gasteiger partial charge in [-0.2, -0.15) is 52.7 Å². The van der Waals surface area contributed by atoms with E-state index >= 15 is 0 Å². The van der Waals surface area contributed by atoms with Gasteiger partial charge in [0.2, 0.25) is 0 Å². The Morgan fingerprint density at radius 1 is 0.795 bits per heavy atom. The molecule has 2 rings (SSSR count). The minimum atomic E-state index is -6.05. The minimum absolute atomic E-state index is 0.0754. The van der Waals surface area contributed by atoms with E-state index in [1.807, 2.05) is 0 Å². The summed E-state index contributed by atoms with van der Waals surface area (Å²) in [6, 6.07) is 0. The van der Waals surface area contributed by atoms with Crippen molar-refractivity contribution < 1.29 is 72.1 Å². The number of hydrogen-bond donors (Lipinski definition) is 1. The van der Waals surface area contributed by atoms with Crippen molar-refractivity contribution in [3.8, 4) is 0 Å². The van der Waals surface area contributed by atoms with E-state index in [1.54, 1.807) is 0 Å². The van der Waals surface area contributed by atoms with Crippen LogP contribution in [-0.2, 0) is 9.47 Å². The summed E-state index contributed by atoms with van der Waals surface area (Å²) < 4.78 is 170. The molecule has 0 spiro atoms. The third-order valence-electron chi connectivity index (χ3n) is 8.24. The van der Waals surface area contributed by atoms with E-state index in [4.69, 9.17) is 4.74 Å². The molecule has 0 aromatic rings. The van der Waals surface area contributed by atoms with Crippen LogP contribution in [0.4, 0.5) is 57.5 Å². The van der Waals surface area contributed by atoms with Crippen molar-refractivity contribution in [3.05, 3.63) is 0 Å². The highest BCUT2D eigenvalue weighted by atomic mass is 19.4. The number of halogens is 12. The summed E-state index contributed by atoms with van der Waals surface area (Å²) in [7, 11) is 0. The zero-order chi connectivity index (χ0) is 30.6. The molecule has 0 radical (unpaired) electrons. The maximum atomic E-state index is 13.7. The first kappa shape index (κ1) is 33.6. The van der Waals surface area contributed by atoms with E-state index < -0.39 is 90.1 Å². The smallest absolute Gasteiger partial charge is 0.428 e. The molecule has 2 saturated carbocycles. The molecule has 2 aliphatic carbocycles. The van der Waals surface area contributed by atoms with E-state index in [9.17, 15) is 62.6 Å². The zero-order valence-electron chi connectivity index (χ0n) is 21.3. The first-order chi connectivity index (χ1) is 17.2. The lowest BCUT2D eigenvalue weighted by molar-refractivity contribution is -0.374. The quantitative estimate of drug-likeness (QED) is 0.227. The highest BCUT2D eigenvalue weighted by molar-refractivity contribution is 5.61. The Hall–Kier alpha value is -1.61. The Bertz CT molecular complexity index is 846. The van der Waals surface area contributed by atoms with Gasteiger partial charge in [-0.15, -0.1) is 0 Å². The van der Waals surface area contributed by atoms with Crippen LogP contribution in [0, 0.1) is 29.6 Å². The largest absolute Gasteiger partial charge is 0.510 e. The van der Waals surface area contributed by atoms with E-state index in [2.05, 4.69) is 4.74 Å². The SMILES string of the molecule is CCC(C)CC(OC(=O)OC(C)(C)C1CC2CC1CC2CC(O)(C(F)(F)F)C(F)(F)F)(C(F)(F)F)C(F)(F)F. The summed E-state index contributed by atoms with van der Waals surface area (Å²) in [4.78, 5) is 12.3. The number of aliphatic hydroxyl groups is 1. The molecule has 0 heterocycles. The molecule has 0 saturated heterocycles. The van der Waals surface area contributed by atoms with Crippen LogP contribution in [0.1, 0.15) is 66.2 Å². The van der Waals surface area contributed by atoms with Crippen LogP contribution >= 0.6 is 0 Å². The lowest BCUT2D eigenvalue weighted by Crippen LogP contribution is -2.61. The van der Waals surface area contributed by atoms with Gasteiger partial charge in [0, 0.05) is 12.3 Å². The molecular weight excluding hydrogens is 568 g/mol. The van der Waals surface area contributed by atoms with Gasteiger partial charge in [0.1, 0.15) is 5.60 Å². The Morgan fingerprint density at radius 2 is 1.28 bits per heavy atom. The van der Waals surface area contributed by atoms with Crippen molar-refractivity contribution in [2.45, 2.75) is 108 Å². The van der Waals surface area contributed by atoms with Gasteiger partial charge in [-0.1, -0.05) is 20.3 Å². The van der Waals surface area contributed by atoms with Gasteiger partial charge in [0.25, 0.3) is 5.60 Å². The molecule has 2 bridgehead atoms. The molecule has 39 heavy (non-hydrogen) atoms. The van der Waals surface area contributed by atoms with Gasteiger partial charge in [-0.25, -0.2) is 4.79 Å². The number of hydrogen-bond acceptors (Lipinski definition) is 4. The van der Waals surface area contributed by atoms with Crippen molar-refractivity contribution in [2.75, 3.05) is 0 Å². The maximum Gasteiger partial charge on any atom is 0.510 e. The molecule has 0 aromatic heterocycles. The summed E-state index contributed by atoms with van der Waals surface area (Å²) >= 11 is 0. The Morgan fingerprint density at radius 3 is 1.64 bits per heavy atom. The van der Waals surface area contributed by atoms with Crippen LogP contribution in [-0.4, -0.2) is 52.8 Å². The van der Waals surface area contributed by atoms with Gasteiger partial charge < -0.3 is 14.6 Å². The number of alkyl halides is 12. The second-order valence-electron chi connectivity index (χ2n) is 11.3. The molecule has 1 N–H and O–H groups in total. The Balaban J connectivity index is 2.20. The summed E-state index contributed by atoms with van der Waals surface area (Å²) in [6.07, 6.45) is -30.1. The van der Waals surface area contributed by atoms with Crippen molar-refractivity contribution in [3.63, 3.8) is 0 Å². The van der Waals surface area contributed by atoms with Gasteiger partial charge in [-0.3, -0.25) is 0 Å². The number of carbonyl (C=O) groups excluding carboxylic acids is 1. The number of fused-ring (bicyclic) bond motifs is 2. The van der Waals surface area contributed by atoms with Crippen molar-refractivity contribution in [1.82, 2.24) is 0 Å². The molecule has 0 aliphatic heterocycles. The van der Waals surface area contributed by atoms with E-state index in [0.717, 1.165) is 20.8 Å². The standard InChI is InChI=1S/C23H30F12O4/c1-5-11(2)9-19(22(30,31)32,23(33,34)35)39-16(36)38-17(3,4)15-8-12-6-13(15)7-14(12)10-18(37,20(24,25)26)21(27,28)29/h11-15,37H,5-10H2,1-4H3. The molecule has 2 aliphatic rings. The normalized spacial score (nSPS) is 26.1. The molecule has 0 aromatic carbocycles. The molecule has 4 nitrogen and oxygen atoms in total. The van der Waals surface area contributed by atoms with Gasteiger partial charge in [-0.05, 0) is 63.2 Å². The maximum absolute atomic E-state index is 13.7. The van der Waals surface area contributed by atoms with E-state index in [0.29, 0.717) is 0 Å². The lowest BCUT2D eigenvalue weighted by Gasteiger charge is -2.42. The second kappa shape index (κ2) is 10.3. The first-order valence-electron chi connectivity index (χ1n) is 12.1. The van der Waals surface area contributed by atoms with Crippen LogP contribution in [0.15, 0.2) is 0 Å². The fraction of sp³-hybridized carbons (Fsp3) is 0.957. The number of rotatable bonds is 8. The van der Waals surface area contributed by atoms with Gasteiger partial charge in [0.05, 0.1) is 0 Å². The predicted octanol–water partition coefficient (Wildman–Crippen LogP) is 8.13.